The Labute approximate surface area is 187 Å². The fourth-order valence-corrected chi connectivity index (χ4v) is 3.51. The minimum Gasteiger partial charge on any atom is -0.357 e. The Bertz CT molecular complexity index is 859. The number of thiophene rings is 1. The van der Waals surface area contributed by atoms with Gasteiger partial charge in [0.05, 0.1) is 6.54 Å². The molecule has 0 aromatic carbocycles. The molecule has 28 heavy (non-hydrogen) atoms. The Hall–Kier alpha value is -1.94. The number of aromatic nitrogens is 3. The van der Waals surface area contributed by atoms with Crippen LogP contribution in [0.15, 0.2) is 59.3 Å². The molecule has 0 aliphatic rings. The maximum absolute atomic E-state index is 4.73. The van der Waals surface area contributed by atoms with Crippen LogP contribution in [0.3, 0.4) is 0 Å². The molecule has 3 aromatic heterocycles. The van der Waals surface area contributed by atoms with Crippen molar-refractivity contribution in [3.8, 4) is 5.82 Å². The topological polar surface area (TPSA) is 67.1 Å². The molecule has 3 aromatic rings. The lowest BCUT2D eigenvalue weighted by atomic mass is 9.91. The highest BCUT2D eigenvalue weighted by Crippen LogP contribution is 2.26. The van der Waals surface area contributed by atoms with E-state index in [9.17, 15) is 0 Å². The standard InChI is InChI=1S/C20H26N6S.HI/c1-4-21-19(24-15-20(2,3)17-7-5-12-27-17)23-14-16-8-10-22-18(13-16)26-11-6-9-25-26;/h5-13H,4,14-15H2,1-3H3,(H2,21,23,24);1H. The lowest BCUT2D eigenvalue weighted by molar-refractivity contribution is 0.518. The first-order valence-corrected chi connectivity index (χ1v) is 9.97. The van der Waals surface area contributed by atoms with Crippen LogP contribution in [0, 0.1) is 0 Å². The maximum atomic E-state index is 4.73. The summed E-state index contributed by atoms with van der Waals surface area (Å²) in [4.78, 5) is 10.5. The van der Waals surface area contributed by atoms with Crippen LogP contribution < -0.4 is 10.6 Å². The molecule has 0 fully saturated rings. The fourth-order valence-electron chi connectivity index (χ4n) is 2.66. The van der Waals surface area contributed by atoms with Crippen molar-refractivity contribution in [3.05, 3.63) is 64.7 Å². The second-order valence-electron chi connectivity index (χ2n) is 6.88. The van der Waals surface area contributed by atoms with Crippen LogP contribution in [0.25, 0.3) is 5.82 Å². The second-order valence-corrected chi connectivity index (χ2v) is 7.83. The van der Waals surface area contributed by atoms with Crippen LogP contribution >= 0.6 is 35.3 Å². The van der Waals surface area contributed by atoms with Crippen molar-refractivity contribution >= 4 is 41.3 Å². The van der Waals surface area contributed by atoms with Gasteiger partial charge < -0.3 is 10.6 Å². The lowest BCUT2D eigenvalue weighted by Crippen LogP contribution is -2.43. The number of guanidine groups is 1. The maximum Gasteiger partial charge on any atom is 0.191 e. The molecule has 6 nitrogen and oxygen atoms in total. The minimum absolute atomic E-state index is 0. The van der Waals surface area contributed by atoms with Gasteiger partial charge in [-0.3, -0.25) is 0 Å². The van der Waals surface area contributed by atoms with E-state index in [4.69, 9.17) is 4.99 Å². The molecule has 0 radical (unpaired) electrons. The molecule has 0 unspecified atom stereocenters. The highest BCUT2D eigenvalue weighted by Gasteiger charge is 2.21. The van der Waals surface area contributed by atoms with E-state index in [1.54, 1.807) is 28.4 Å². The molecular formula is C20H27IN6S. The molecule has 0 aliphatic carbocycles. The first-order chi connectivity index (χ1) is 13.1. The van der Waals surface area contributed by atoms with Gasteiger partial charge in [0.25, 0.3) is 0 Å². The van der Waals surface area contributed by atoms with Gasteiger partial charge in [0.15, 0.2) is 11.8 Å². The van der Waals surface area contributed by atoms with Crippen molar-refractivity contribution in [2.75, 3.05) is 13.1 Å². The van der Waals surface area contributed by atoms with Crippen molar-refractivity contribution in [1.29, 1.82) is 0 Å². The number of hydrogen-bond donors (Lipinski definition) is 2. The third kappa shape index (κ3) is 6.03. The minimum atomic E-state index is 0. The smallest absolute Gasteiger partial charge is 0.191 e. The van der Waals surface area contributed by atoms with E-state index in [0.29, 0.717) is 6.54 Å². The predicted octanol–water partition coefficient (Wildman–Crippen LogP) is 3.98. The first-order valence-electron chi connectivity index (χ1n) is 9.09. The Morgan fingerprint density at radius 2 is 2.07 bits per heavy atom. The number of aliphatic imine (C=N–C) groups is 1. The van der Waals surface area contributed by atoms with Crippen LogP contribution in [0.5, 0.6) is 0 Å². The number of halogens is 1. The zero-order valence-electron chi connectivity index (χ0n) is 16.4. The van der Waals surface area contributed by atoms with Crippen LogP contribution in [-0.4, -0.2) is 33.8 Å². The first kappa shape index (κ1) is 22.4. The van der Waals surface area contributed by atoms with Gasteiger partial charge in [-0.25, -0.2) is 14.7 Å². The number of hydrogen-bond acceptors (Lipinski definition) is 4. The van der Waals surface area contributed by atoms with Gasteiger partial charge in [0.2, 0.25) is 0 Å². The summed E-state index contributed by atoms with van der Waals surface area (Å²) in [6, 6.07) is 10.2. The highest BCUT2D eigenvalue weighted by atomic mass is 127. The number of rotatable bonds is 7. The molecule has 3 rings (SSSR count). The number of pyridine rings is 1. The second kappa shape index (κ2) is 10.6. The van der Waals surface area contributed by atoms with Gasteiger partial charge >= 0.3 is 0 Å². The van der Waals surface area contributed by atoms with Crippen LogP contribution in [-0.2, 0) is 12.0 Å². The van der Waals surface area contributed by atoms with Crippen molar-refractivity contribution in [3.63, 3.8) is 0 Å². The summed E-state index contributed by atoms with van der Waals surface area (Å²) in [7, 11) is 0. The summed E-state index contributed by atoms with van der Waals surface area (Å²) in [5.74, 6) is 1.61. The van der Waals surface area contributed by atoms with Crippen molar-refractivity contribution in [2.24, 2.45) is 4.99 Å². The van der Waals surface area contributed by atoms with E-state index >= 15 is 0 Å². The van der Waals surface area contributed by atoms with E-state index in [1.165, 1.54) is 4.88 Å². The zero-order valence-corrected chi connectivity index (χ0v) is 19.6. The molecule has 0 bridgehead atoms. The third-order valence-corrected chi connectivity index (χ3v) is 5.43. The molecule has 0 saturated carbocycles. The summed E-state index contributed by atoms with van der Waals surface area (Å²) in [5.41, 5.74) is 1.14. The monoisotopic (exact) mass is 510 g/mol. The van der Waals surface area contributed by atoms with E-state index in [0.717, 1.165) is 30.4 Å². The molecular weight excluding hydrogens is 483 g/mol. The summed E-state index contributed by atoms with van der Waals surface area (Å²) in [6.07, 6.45) is 5.42. The molecule has 0 amide bonds. The number of nitrogens with one attached hydrogen (secondary N) is 2. The third-order valence-electron chi connectivity index (χ3n) is 4.20. The SMILES string of the molecule is CCNC(=NCc1ccnc(-n2cccn2)c1)NCC(C)(C)c1cccs1.I. The summed E-state index contributed by atoms with van der Waals surface area (Å²) in [6.45, 7) is 8.77. The quantitative estimate of drug-likeness (QED) is 0.287. The van der Waals surface area contributed by atoms with E-state index < -0.39 is 0 Å². The van der Waals surface area contributed by atoms with E-state index in [-0.39, 0.29) is 29.4 Å². The molecule has 0 saturated heterocycles. The summed E-state index contributed by atoms with van der Waals surface area (Å²) >= 11 is 1.79. The molecule has 8 heteroatoms. The summed E-state index contributed by atoms with van der Waals surface area (Å²) in [5, 5.41) is 13.1. The Balaban J connectivity index is 0.00000280. The van der Waals surface area contributed by atoms with Gasteiger partial charge in [-0.2, -0.15) is 5.10 Å². The van der Waals surface area contributed by atoms with Crippen LogP contribution in [0.2, 0.25) is 0 Å². The Morgan fingerprint density at radius 3 is 2.75 bits per heavy atom. The van der Waals surface area contributed by atoms with Gasteiger partial charge in [0.1, 0.15) is 0 Å². The van der Waals surface area contributed by atoms with Gasteiger partial charge in [-0.1, -0.05) is 19.9 Å². The molecule has 0 aliphatic heterocycles. The molecule has 0 atom stereocenters. The molecule has 2 N–H and O–H groups in total. The van der Waals surface area contributed by atoms with Crippen molar-refractivity contribution in [2.45, 2.75) is 32.7 Å². The van der Waals surface area contributed by atoms with Gasteiger partial charge in [-0.15, -0.1) is 35.3 Å². The van der Waals surface area contributed by atoms with Gasteiger partial charge in [-0.05, 0) is 42.1 Å². The Kier molecular flexibility index (Phi) is 8.43. The largest absolute Gasteiger partial charge is 0.357 e. The van der Waals surface area contributed by atoms with E-state index in [1.807, 2.05) is 24.4 Å². The highest BCUT2D eigenvalue weighted by molar-refractivity contribution is 14.0. The Morgan fingerprint density at radius 1 is 1.21 bits per heavy atom. The predicted molar refractivity (Wildman–Crippen MR) is 127 cm³/mol. The number of nitrogens with zero attached hydrogens (tertiary/aromatic N) is 4. The normalized spacial score (nSPS) is 11.8. The van der Waals surface area contributed by atoms with Crippen LogP contribution in [0.1, 0.15) is 31.2 Å². The van der Waals surface area contributed by atoms with Crippen molar-refractivity contribution < 1.29 is 0 Å². The lowest BCUT2D eigenvalue weighted by Gasteiger charge is -2.25. The molecule has 3 heterocycles. The van der Waals surface area contributed by atoms with Crippen molar-refractivity contribution in [1.82, 2.24) is 25.4 Å². The molecule has 0 spiro atoms. The summed E-state index contributed by atoms with van der Waals surface area (Å²) < 4.78 is 1.75. The molecule has 150 valence electrons. The average Bonchev–Trinajstić information content (AvgIpc) is 3.38. The fraction of sp³-hybridized carbons (Fsp3) is 0.350. The van der Waals surface area contributed by atoms with E-state index in [2.05, 4.69) is 59.0 Å². The average molecular weight is 510 g/mol. The zero-order chi connectivity index (χ0) is 19.1. The van der Waals surface area contributed by atoms with Crippen LogP contribution in [0.4, 0.5) is 0 Å². The van der Waals surface area contributed by atoms with Gasteiger partial charge in [0, 0.05) is 42.0 Å².